The van der Waals surface area contributed by atoms with Crippen molar-refractivity contribution >= 4 is 46.1 Å². The third-order valence-corrected chi connectivity index (χ3v) is 12.7. The molecule has 0 aliphatic carbocycles. The Kier molecular flexibility index (Phi) is 11.0. The molecule has 324 valence electrons. The Morgan fingerprint density at radius 2 is 1.77 bits per heavy atom. The van der Waals surface area contributed by atoms with Gasteiger partial charge in [-0.1, -0.05) is 24.3 Å². The van der Waals surface area contributed by atoms with E-state index < -0.39 is 18.0 Å². The summed E-state index contributed by atoms with van der Waals surface area (Å²) in [6.45, 7) is 6.94. The van der Waals surface area contributed by atoms with Gasteiger partial charge in [0.15, 0.2) is 5.82 Å². The first-order valence-corrected chi connectivity index (χ1v) is 21.2. The molecule has 4 aliphatic rings. The van der Waals surface area contributed by atoms with Crippen molar-refractivity contribution in [2.75, 3.05) is 67.9 Å². The minimum atomic E-state index is -3.01. The molecule has 4 saturated heterocycles. The van der Waals surface area contributed by atoms with E-state index >= 15 is 8.78 Å². The number of benzene rings is 2. The SMILES string of the molecule is Cc1cn(C2CCN(CC3CCN(C(=O)c4ccc([C@@H]5CN(c6cc(-c7ccccc7O)nnc6N)C[C@H](C)O5)cc4)CC3)CC2(F)F)c2ncc(N3CCC(=O)NC3=O)cc12. The summed E-state index contributed by atoms with van der Waals surface area (Å²) in [5.74, 6) is -2.82. The molecule has 7 heterocycles. The van der Waals surface area contributed by atoms with Crippen LogP contribution < -0.4 is 20.9 Å². The number of pyridine rings is 1. The topological polar surface area (TPSA) is 175 Å². The molecular weight excluding hydrogens is 799 g/mol. The summed E-state index contributed by atoms with van der Waals surface area (Å²) in [4.78, 5) is 49.5. The van der Waals surface area contributed by atoms with E-state index in [4.69, 9.17) is 10.5 Å². The van der Waals surface area contributed by atoms with E-state index in [1.54, 1.807) is 35.0 Å². The summed E-state index contributed by atoms with van der Waals surface area (Å²) >= 11 is 0. The second-order valence-corrected chi connectivity index (χ2v) is 17.1. The first kappa shape index (κ1) is 41.2. The second kappa shape index (κ2) is 16.6. The third kappa shape index (κ3) is 8.13. The number of carbonyl (C=O) groups is 3. The predicted molar refractivity (Wildman–Crippen MR) is 229 cm³/mol. The van der Waals surface area contributed by atoms with Crippen molar-refractivity contribution in [1.29, 1.82) is 0 Å². The van der Waals surface area contributed by atoms with Crippen molar-refractivity contribution in [2.24, 2.45) is 5.92 Å². The molecule has 4 N–H and O–H groups in total. The highest BCUT2D eigenvalue weighted by atomic mass is 19.3. The number of halogens is 2. The molecule has 0 spiro atoms. The van der Waals surface area contributed by atoms with Crippen LogP contribution in [-0.4, -0.2) is 117 Å². The fourth-order valence-corrected chi connectivity index (χ4v) is 9.48. The van der Waals surface area contributed by atoms with Crippen LogP contribution in [0.2, 0.25) is 0 Å². The molecule has 9 rings (SSSR count). The number of phenols is 1. The number of nitrogen functional groups attached to an aromatic ring is 1. The molecule has 3 aromatic heterocycles. The number of alkyl halides is 2. The zero-order valence-electron chi connectivity index (χ0n) is 34.7. The summed E-state index contributed by atoms with van der Waals surface area (Å²) in [7, 11) is 0. The van der Waals surface area contributed by atoms with E-state index in [2.05, 4.69) is 25.4 Å². The van der Waals surface area contributed by atoms with Gasteiger partial charge >= 0.3 is 6.03 Å². The molecule has 1 unspecified atom stereocenters. The number of phenolic OH excluding ortho intramolecular Hbond substituents is 1. The number of carbonyl (C=O) groups excluding carboxylic acids is 3. The van der Waals surface area contributed by atoms with Gasteiger partial charge in [0, 0.05) is 74.9 Å². The van der Waals surface area contributed by atoms with Gasteiger partial charge in [0.05, 0.1) is 35.9 Å². The fourth-order valence-electron chi connectivity index (χ4n) is 9.48. The number of hydrogen-bond acceptors (Lipinski definition) is 11. The Balaban J connectivity index is 0.784. The Morgan fingerprint density at radius 1 is 1.00 bits per heavy atom. The molecule has 17 heteroatoms. The molecule has 62 heavy (non-hydrogen) atoms. The molecule has 0 saturated carbocycles. The lowest BCUT2D eigenvalue weighted by Crippen LogP contribution is -2.51. The average molecular weight is 849 g/mol. The highest BCUT2D eigenvalue weighted by Crippen LogP contribution is 2.41. The molecule has 4 fully saturated rings. The van der Waals surface area contributed by atoms with Gasteiger partial charge in [0.2, 0.25) is 5.91 Å². The number of ether oxygens (including phenoxy) is 1. The monoisotopic (exact) mass is 848 g/mol. The van der Waals surface area contributed by atoms with E-state index in [1.165, 1.54) is 11.1 Å². The number of hydrogen-bond donors (Lipinski definition) is 3. The number of nitrogens with zero attached hydrogens (tertiary/aromatic N) is 8. The summed E-state index contributed by atoms with van der Waals surface area (Å²) < 4.78 is 40.0. The van der Waals surface area contributed by atoms with Crippen LogP contribution in [-0.2, 0) is 9.53 Å². The summed E-state index contributed by atoms with van der Waals surface area (Å²) in [5.41, 5.74) is 11.3. The maximum atomic E-state index is 16.0. The number of aryl methyl sites for hydroxylation is 1. The van der Waals surface area contributed by atoms with E-state index in [0.717, 1.165) is 24.0 Å². The number of morpholine rings is 1. The lowest BCUT2D eigenvalue weighted by atomic mass is 9.93. The van der Waals surface area contributed by atoms with E-state index in [0.29, 0.717) is 78.5 Å². The van der Waals surface area contributed by atoms with Gasteiger partial charge in [-0.25, -0.2) is 18.6 Å². The van der Waals surface area contributed by atoms with E-state index in [1.807, 2.05) is 60.0 Å². The molecule has 0 radical (unpaired) electrons. The number of fused-ring (bicyclic) bond motifs is 1. The van der Waals surface area contributed by atoms with Gasteiger partial charge in [-0.05, 0) is 86.6 Å². The Labute approximate surface area is 357 Å². The number of nitrogens with two attached hydrogens (primary N) is 1. The zero-order valence-corrected chi connectivity index (χ0v) is 34.7. The second-order valence-electron chi connectivity index (χ2n) is 17.1. The Bertz CT molecular complexity index is 2510. The number of rotatable bonds is 8. The van der Waals surface area contributed by atoms with Crippen molar-refractivity contribution in [3.8, 4) is 17.0 Å². The Hall–Kier alpha value is -6.20. The highest BCUT2D eigenvalue weighted by molar-refractivity contribution is 6.06. The maximum Gasteiger partial charge on any atom is 0.328 e. The van der Waals surface area contributed by atoms with Crippen molar-refractivity contribution < 1.29 is 33.0 Å². The molecule has 2 aromatic carbocycles. The third-order valence-electron chi connectivity index (χ3n) is 12.7. The van der Waals surface area contributed by atoms with Crippen molar-refractivity contribution in [2.45, 2.75) is 63.7 Å². The van der Waals surface area contributed by atoms with E-state index in [-0.39, 0.29) is 67.4 Å². The molecule has 0 bridgehead atoms. The number of para-hydroxylation sites is 1. The number of amides is 4. The van der Waals surface area contributed by atoms with Crippen LogP contribution in [0.25, 0.3) is 22.3 Å². The Morgan fingerprint density at radius 3 is 2.52 bits per heavy atom. The normalized spacial score (nSPS) is 22.6. The highest BCUT2D eigenvalue weighted by Gasteiger charge is 2.47. The minimum Gasteiger partial charge on any atom is -0.507 e. The molecule has 5 aromatic rings. The standard InChI is InChI=1S/C45H50F2N10O5/c1-27-22-57(42-34(27)19-32(21-49-42)56-18-14-40(59)50-44(56)61)39-13-15-53(26-45(39,46)47)24-29-11-16-54(17-12-29)43(60)31-9-7-30(8-10-31)38-25-55(23-28(2)62-38)36-20-35(51-52-41(36)48)33-5-3-4-6-37(33)58/h3-10,19-22,28-29,38-39,58H,11-18,23-26H2,1-2H3,(H2,48,52)(H,50,59,61)/t28-,38-,39?/m0/s1. The summed E-state index contributed by atoms with van der Waals surface area (Å²) in [6, 6.07) is 16.5. The van der Waals surface area contributed by atoms with Gasteiger partial charge in [0.25, 0.3) is 11.8 Å². The number of aromatic nitrogens is 4. The zero-order chi connectivity index (χ0) is 43.3. The summed E-state index contributed by atoms with van der Waals surface area (Å²) in [6.07, 6.45) is 4.70. The molecular formula is C45H50F2N10O5. The first-order valence-electron chi connectivity index (χ1n) is 21.2. The van der Waals surface area contributed by atoms with Crippen molar-refractivity contribution in [1.82, 2.24) is 34.9 Å². The molecule has 15 nitrogen and oxygen atoms in total. The number of anilines is 3. The van der Waals surface area contributed by atoms with Gasteiger partial charge in [-0.3, -0.25) is 24.7 Å². The number of nitrogens with one attached hydrogen (secondary N) is 1. The number of imide groups is 1. The van der Waals surface area contributed by atoms with Gasteiger partial charge in [-0.2, -0.15) is 0 Å². The number of piperidine rings is 2. The van der Waals surface area contributed by atoms with Gasteiger partial charge in [0.1, 0.15) is 23.5 Å². The lowest BCUT2D eigenvalue weighted by Gasteiger charge is -2.41. The number of aromatic hydroxyl groups is 1. The van der Waals surface area contributed by atoms with Crippen LogP contribution in [0.15, 0.2) is 73.1 Å². The van der Waals surface area contributed by atoms with Crippen LogP contribution in [0.1, 0.15) is 66.2 Å². The van der Waals surface area contributed by atoms with Crippen molar-refractivity contribution in [3.63, 3.8) is 0 Å². The van der Waals surface area contributed by atoms with Gasteiger partial charge in [-0.15, -0.1) is 10.2 Å². The van der Waals surface area contributed by atoms with Crippen LogP contribution >= 0.6 is 0 Å². The molecule has 4 amide bonds. The van der Waals surface area contributed by atoms with Crippen LogP contribution in [0.5, 0.6) is 5.75 Å². The van der Waals surface area contributed by atoms with Crippen LogP contribution in [0, 0.1) is 12.8 Å². The fraction of sp³-hybridized carbons (Fsp3) is 0.422. The lowest BCUT2D eigenvalue weighted by molar-refractivity contribution is -0.120. The van der Waals surface area contributed by atoms with E-state index in [9.17, 15) is 19.5 Å². The first-order chi connectivity index (χ1) is 29.8. The number of urea groups is 1. The molecule has 4 aliphatic heterocycles. The number of likely N-dealkylation sites (tertiary alicyclic amines) is 2. The summed E-state index contributed by atoms with van der Waals surface area (Å²) in [5, 5.41) is 21.8. The van der Waals surface area contributed by atoms with Crippen LogP contribution in [0.4, 0.5) is 30.8 Å². The molecule has 3 atom stereocenters. The average Bonchev–Trinajstić information content (AvgIpc) is 3.58. The van der Waals surface area contributed by atoms with Crippen LogP contribution in [0.3, 0.4) is 0 Å². The quantitative estimate of drug-likeness (QED) is 0.169. The minimum absolute atomic E-state index is 0.0569. The predicted octanol–water partition coefficient (Wildman–Crippen LogP) is 5.94. The maximum absolute atomic E-state index is 16.0. The smallest absolute Gasteiger partial charge is 0.328 e. The van der Waals surface area contributed by atoms with Crippen molar-refractivity contribution in [3.05, 3.63) is 89.7 Å². The largest absolute Gasteiger partial charge is 0.507 e. The van der Waals surface area contributed by atoms with Gasteiger partial charge < -0.3 is 29.9 Å².